The fourth-order valence-electron chi connectivity index (χ4n) is 3.30. The zero-order chi connectivity index (χ0) is 11.7. The molecule has 4 nitrogen and oxygen atoms in total. The predicted molar refractivity (Wildman–Crippen MR) is 62.5 cm³/mol. The summed E-state index contributed by atoms with van der Waals surface area (Å²) in [5.41, 5.74) is 0.857. The highest BCUT2D eigenvalue weighted by atomic mass is 16.5. The van der Waals surface area contributed by atoms with Crippen molar-refractivity contribution in [1.29, 1.82) is 0 Å². The van der Waals surface area contributed by atoms with Gasteiger partial charge in [0.05, 0.1) is 0 Å². The number of rotatable bonds is 1. The van der Waals surface area contributed by atoms with E-state index in [9.17, 15) is 4.79 Å². The topological polar surface area (TPSA) is 46.3 Å². The molecule has 2 aliphatic rings. The Balaban J connectivity index is 1.69. The molecule has 1 amide bonds. The van der Waals surface area contributed by atoms with Crippen LogP contribution in [0.5, 0.6) is 0 Å². The van der Waals surface area contributed by atoms with Crippen molar-refractivity contribution in [2.24, 2.45) is 5.41 Å². The van der Waals surface area contributed by atoms with Gasteiger partial charge in [-0.25, -0.2) is 0 Å². The summed E-state index contributed by atoms with van der Waals surface area (Å²) in [6.45, 7) is 1.80. The summed E-state index contributed by atoms with van der Waals surface area (Å²) >= 11 is 0. The van der Waals surface area contributed by atoms with E-state index in [-0.39, 0.29) is 5.91 Å². The average molecular weight is 234 g/mol. The number of nitrogens with zero attached hydrogens (tertiary/aromatic N) is 2. The van der Waals surface area contributed by atoms with E-state index in [0.717, 1.165) is 19.5 Å². The van der Waals surface area contributed by atoms with Crippen molar-refractivity contribution in [3.8, 4) is 0 Å². The number of likely N-dealkylation sites (tertiary alicyclic amines) is 1. The molecular weight excluding hydrogens is 216 g/mol. The Labute approximate surface area is 101 Å². The minimum absolute atomic E-state index is 0.0289. The standard InChI is InChI=1S/C13H18N2O2/c16-12(11-4-9-17-14-11)15-8-7-13(10-15)5-2-1-3-6-13/h4,9H,1-3,5-8,10H2. The molecule has 0 atom stereocenters. The van der Waals surface area contributed by atoms with Gasteiger partial charge < -0.3 is 9.42 Å². The number of amides is 1. The molecule has 0 bridgehead atoms. The summed E-state index contributed by atoms with van der Waals surface area (Å²) < 4.78 is 4.73. The van der Waals surface area contributed by atoms with Crippen molar-refractivity contribution in [2.75, 3.05) is 13.1 Å². The van der Waals surface area contributed by atoms with Gasteiger partial charge >= 0.3 is 0 Å². The fraction of sp³-hybridized carbons (Fsp3) is 0.692. The van der Waals surface area contributed by atoms with E-state index >= 15 is 0 Å². The molecule has 1 aliphatic carbocycles. The largest absolute Gasteiger partial charge is 0.364 e. The maximum Gasteiger partial charge on any atom is 0.276 e. The second kappa shape index (κ2) is 4.17. The second-order valence-corrected chi connectivity index (χ2v) is 5.42. The Bertz CT molecular complexity index is 394. The second-order valence-electron chi connectivity index (χ2n) is 5.42. The Morgan fingerprint density at radius 2 is 2.12 bits per heavy atom. The van der Waals surface area contributed by atoms with E-state index in [4.69, 9.17) is 4.52 Å². The van der Waals surface area contributed by atoms with E-state index in [1.165, 1.54) is 38.4 Å². The van der Waals surface area contributed by atoms with Crippen LogP contribution in [0.15, 0.2) is 16.9 Å². The van der Waals surface area contributed by atoms with Gasteiger partial charge in [-0.1, -0.05) is 24.4 Å². The minimum Gasteiger partial charge on any atom is -0.364 e. The van der Waals surface area contributed by atoms with Crippen LogP contribution >= 0.6 is 0 Å². The molecule has 1 saturated heterocycles. The van der Waals surface area contributed by atoms with Crippen LogP contribution in [0.25, 0.3) is 0 Å². The highest BCUT2D eigenvalue weighted by Crippen LogP contribution is 2.43. The van der Waals surface area contributed by atoms with E-state index in [1.807, 2.05) is 4.90 Å². The van der Waals surface area contributed by atoms with Crippen LogP contribution in [-0.2, 0) is 0 Å². The number of hydrogen-bond acceptors (Lipinski definition) is 3. The van der Waals surface area contributed by atoms with Gasteiger partial charge in [0.15, 0.2) is 5.69 Å². The summed E-state index contributed by atoms with van der Waals surface area (Å²) in [7, 11) is 0. The molecule has 0 radical (unpaired) electrons. The summed E-state index contributed by atoms with van der Waals surface area (Å²) in [6, 6.07) is 1.65. The van der Waals surface area contributed by atoms with Gasteiger partial charge in [-0.2, -0.15) is 0 Å². The Kier molecular flexibility index (Phi) is 2.65. The van der Waals surface area contributed by atoms with Crippen LogP contribution in [0.3, 0.4) is 0 Å². The van der Waals surface area contributed by atoms with E-state index in [2.05, 4.69) is 5.16 Å². The summed E-state index contributed by atoms with van der Waals surface area (Å²) in [5, 5.41) is 3.73. The van der Waals surface area contributed by atoms with Gasteiger partial charge in [0.1, 0.15) is 6.26 Å². The third-order valence-electron chi connectivity index (χ3n) is 4.30. The van der Waals surface area contributed by atoms with Gasteiger partial charge in [-0.05, 0) is 24.7 Å². The van der Waals surface area contributed by atoms with Crippen LogP contribution in [0.4, 0.5) is 0 Å². The lowest BCUT2D eigenvalue weighted by Gasteiger charge is -2.33. The molecule has 0 N–H and O–H groups in total. The molecule has 2 heterocycles. The van der Waals surface area contributed by atoms with Crippen molar-refractivity contribution in [3.05, 3.63) is 18.0 Å². The van der Waals surface area contributed by atoms with Gasteiger partial charge in [0.2, 0.25) is 0 Å². The zero-order valence-corrected chi connectivity index (χ0v) is 10.0. The number of carbonyl (C=O) groups excluding carboxylic acids is 1. The Morgan fingerprint density at radius 1 is 1.29 bits per heavy atom. The quantitative estimate of drug-likeness (QED) is 0.750. The van der Waals surface area contributed by atoms with Gasteiger partial charge in [-0.3, -0.25) is 4.79 Å². The maximum atomic E-state index is 12.1. The van der Waals surface area contributed by atoms with Crippen LogP contribution in [0, 0.1) is 5.41 Å². The Morgan fingerprint density at radius 3 is 2.82 bits per heavy atom. The third-order valence-corrected chi connectivity index (χ3v) is 4.30. The first-order valence-corrected chi connectivity index (χ1v) is 6.49. The molecule has 1 aromatic heterocycles. The molecule has 92 valence electrons. The molecule has 0 unspecified atom stereocenters. The smallest absolute Gasteiger partial charge is 0.276 e. The lowest BCUT2D eigenvalue weighted by molar-refractivity contribution is 0.0748. The maximum absolute atomic E-state index is 12.1. The van der Waals surface area contributed by atoms with Crippen LogP contribution in [0.1, 0.15) is 49.0 Å². The molecule has 1 aliphatic heterocycles. The molecule has 2 fully saturated rings. The first-order chi connectivity index (χ1) is 8.29. The lowest BCUT2D eigenvalue weighted by atomic mass is 9.73. The normalized spacial score (nSPS) is 23.2. The number of carbonyl (C=O) groups is 1. The van der Waals surface area contributed by atoms with Crippen LogP contribution in [-0.4, -0.2) is 29.1 Å². The highest BCUT2D eigenvalue weighted by Gasteiger charge is 2.40. The number of hydrogen-bond donors (Lipinski definition) is 0. The van der Waals surface area contributed by atoms with Crippen LogP contribution in [0.2, 0.25) is 0 Å². The van der Waals surface area contributed by atoms with Gasteiger partial charge in [-0.15, -0.1) is 0 Å². The van der Waals surface area contributed by atoms with E-state index < -0.39 is 0 Å². The lowest BCUT2D eigenvalue weighted by Crippen LogP contribution is -2.33. The van der Waals surface area contributed by atoms with Crippen molar-refractivity contribution in [3.63, 3.8) is 0 Å². The molecule has 1 spiro atoms. The predicted octanol–water partition coefficient (Wildman–Crippen LogP) is 2.47. The molecular formula is C13H18N2O2. The van der Waals surface area contributed by atoms with E-state index in [0.29, 0.717) is 11.1 Å². The van der Waals surface area contributed by atoms with Crippen molar-refractivity contribution < 1.29 is 9.32 Å². The van der Waals surface area contributed by atoms with Gasteiger partial charge in [0, 0.05) is 19.2 Å². The molecule has 4 heteroatoms. The average Bonchev–Trinajstić information content (AvgIpc) is 2.99. The number of aromatic nitrogens is 1. The molecule has 3 rings (SSSR count). The highest BCUT2D eigenvalue weighted by molar-refractivity contribution is 5.92. The third kappa shape index (κ3) is 1.96. The summed E-state index contributed by atoms with van der Waals surface area (Å²) in [4.78, 5) is 14.1. The minimum atomic E-state index is 0.0289. The van der Waals surface area contributed by atoms with Crippen molar-refractivity contribution in [2.45, 2.75) is 38.5 Å². The molecule has 1 aromatic rings. The monoisotopic (exact) mass is 234 g/mol. The molecule has 17 heavy (non-hydrogen) atoms. The zero-order valence-electron chi connectivity index (χ0n) is 10.0. The summed E-state index contributed by atoms with van der Waals surface area (Å²) in [5.74, 6) is 0.0289. The fourth-order valence-corrected chi connectivity index (χ4v) is 3.30. The van der Waals surface area contributed by atoms with Crippen molar-refractivity contribution >= 4 is 5.91 Å². The van der Waals surface area contributed by atoms with E-state index in [1.54, 1.807) is 6.07 Å². The SMILES string of the molecule is O=C(c1ccon1)N1CCC2(CCCCC2)C1. The molecule has 1 saturated carbocycles. The summed E-state index contributed by atoms with van der Waals surface area (Å²) in [6.07, 6.45) is 9.21. The Hall–Kier alpha value is -1.32. The van der Waals surface area contributed by atoms with Gasteiger partial charge in [0.25, 0.3) is 5.91 Å². The van der Waals surface area contributed by atoms with Crippen molar-refractivity contribution in [1.82, 2.24) is 10.1 Å². The van der Waals surface area contributed by atoms with Crippen LogP contribution < -0.4 is 0 Å². The molecule has 0 aromatic carbocycles. The first-order valence-electron chi connectivity index (χ1n) is 6.49. The first kappa shape index (κ1) is 10.8.